The maximum absolute atomic E-state index is 12.3. The number of hydrogen-bond acceptors (Lipinski definition) is 4. The van der Waals surface area contributed by atoms with Crippen LogP contribution in [0.4, 0.5) is 5.95 Å². The molecule has 3 aromatic carbocycles. The molecule has 1 aliphatic rings. The van der Waals surface area contributed by atoms with Crippen molar-refractivity contribution in [1.82, 2.24) is 14.9 Å². The number of aromatic nitrogens is 2. The minimum atomic E-state index is -0.122. The number of nitrogens with zero attached hydrogens (tertiary/aromatic N) is 3. The van der Waals surface area contributed by atoms with Gasteiger partial charge in [-0.05, 0) is 11.1 Å². The molecule has 5 nitrogen and oxygen atoms in total. The maximum Gasteiger partial charge on any atom is 0.252 e. The third-order valence-corrected chi connectivity index (χ3v) is 6.01. The highest BCUT2D eigenvalue weighted by atomic mass is 16.1. The molecule has 0 unspecified atom stereocenters. The molecule has 1 saturated heterocycles. The van der Waals surface area contributed by atoms with E-state index in [-0.39, 0.29) is 11.6 Å². The zero-order valence-electron chi connectivity index (χ0n) is 17.9. The summed E-state index contributed by atoms with van der Waals surface area (Å²) in [6, 6.07) is 33.0. The van der Waals surface area contributed by atoms with Gasteiger partial charge in [0.05, 0.1) is 11.7 Å². The van der Waals surface area contributed by atoms with Gasteiger partial charge in [-0.3, -0.25) is 14.7 Å². The first kappa shape index (κ1) is 20.2. The van der Waals surface area contributed by atoms with Crippen LogP contribution in [-0.4, -0.2) is 41.0 Å². The van der Waals surface area contributed by atoms with Gasteiger partial charge in [-0.25, -0.2) is 4.98 Å². The first-order chi connectivity index (χ1) is 15.8. The standard InChI is InChI=1S/C27H26N4O/c32-25-20-24(21-10-4-1-5-11-21)28-27(29-25)31-18-16-30(17-19-31)26(22-12-6-2-7-13-22)23-14-8-3-9-15-23/h1-15,20,26H,16-19H2,(H,28,29,32). The van der Waals surface area contributed by atoms with Gasteiger partial charge < -0.3 is 4.90 Å². The molecular formula is C27H26N4O. The van der Waals surface area contributed by atoms with E-state index in [2.05, 4.69) is 75.4 Å². The molecule has 32 heavy (non-hydrogen) atoms. The van der Waals surface area contributed by atoms with Crippen LogP contribution in [0.1, 0.15) is 17.2 Å². The van der Waals surface area contributed by atoms with Crippen molar-refractivity contribution in [2.75, 3.05) is 31.1 Å². The molecule has 0 atom stereocenters. The van der Waals surface area contributed by atoms with Crippen molar-refractivity contribution in [3.05, 3.63) is 119 Å². The summed E-state index contributed by atoms with van der Waals surface area (Å²) >= 11 is 0. The maximum atomic E-state index is 12.3. The number of hydrogen-bond donors (Lipinski definition) is 1. The third-order valence-electron chi connectivity index (χ3n) is 6.01. The second-order valence-corrected chi connectivity index (χ2v) is 8.07. The van der Waals surface area contributed by atoms with Crippen molar-refractivity contribution in [1.29, 1.82) is 0 Å². The van der Waals surface area contributed by atoms with Gasteiger partial charge in [-0.15, -0.1) is 0 Å². The quantitative estimate of drug-likeness (QED) is 0.520. The second-order valence-electron chi connectivity index (χ2n) is 8.07. The van der Waals surface area contributed by atoms with Gasteiger partial charge in [-0.1, -0.05) is 91.0 Å². The molecule has 1 N–H and O–H groups in total. The lowest BCUT2D eigenvalue weighted by molar-refractivity contribution is 0.211. The van der Waals surface area contributed by atoms with Gasteiger partial charge in [0.25, 0.3) is 5.56 Å². The largest absolute Gasteiger partial charge is 0.340 e. The molecule has 0 amide bonds. The van der Waals surface area contributed by atoms with Crippen LogP contribution in [0.2, 0.25) is 0 Å². The molecule has 1 aromatic heterocycles. The lowest BCUT2D eigenvalue weighted by atomic mass is 9.96. The lowest BCUT2D eigenvalue weighted by Gasteiger charge is -2.40. The fraction of sp³-hybridized carbons (Fsp3) is 0.185. The van der Waals surface area contributed by atoms with Crippen LogP contribution in [0.3, 0.4) is 0 Å². The van der Waals surface area contributed by atoms with E-state index >= 15 is 0 Å². The lowest BCUT2D eigenvalue weighted by Crippen LogP contribution is -2.48. The van der Waals surface area contributed by atoms with Crippen LogP contribution in [0, 0.1) is 0 Å². The Bertz CT molecular complexity index is 1160. The van der Waals surface area contributed by atoms with Crippen molar-refractivity contribution in [3.63, 3.8) is 0 Å². The summed E-state index contributed by atoms with van der Waals surface area (Å²) in [5, 5.41) is 0. The normalized spacial score (nSPS) is 14.6. The predicted octanol–water partition coefficient (Wildman–Crippen LogP) is 4.35. The van der Waals surface area contributed by atoms with E-state index in [1.807, 2.05) is 30.3 Å². The average Bonchev–Trinajstić information content (AvgIpc) is 2.86. The van der Waals surface area contributed by atoms with Gasteiger partial charge in [0.2, 0.25) is 5.95 Å². The van der Waals surface area contributed by atoms with Gasteiger partial charge in [0, 0.05) is 37.8 Å². The second kappa shape index (κ2) is 9.20. The Balaban J connectivity index is 1.38. The summed E-state index contributed by atoms with van der Waals surface area (Å²) in [6.07, 6.45) is 0. The molecule has 0 spiro atoms. The van der Waals surface area contributed by atoms with Crippen molar-refractivity contribution < 1.29 is 0 Å². The Labute approximate surface area is 188 Å². The number of nitrogens with one attached hydrogen (secondary N) is 1. The Morgan fingerprint density at radius 1 is 0.719 bits per heavy atom. The van der Waals surface area contributed by atoms with E-state index in [0.29, 0.717) is 11.6 Å². The van der Waals surface area contributed by atoms with E-state index in [1.54, 1.807) is 6.07 Å². The van der Waals surface area contributed by atoms with Crippen molar-refractivity contribution in [2.45, 2.75) is 6.04 Å². The summed E-state index contributed by atoms with van der Waals surface area (Å²) in [5.74, 6) is 0.645. The number of H-pyrrole nitrogens is 1. The topological polar surface area (TPSA) is 52.2 Å². The highest BCUT2D eigenvalue weighted by Crippen LogP contribution is 2.30. The third kappa shape index (κ3) is 4.34. The summed E-state index contributed by atoms with van der Waals surface area (Å²) in [5.41, 5.74) is 4.13. The van der Waals surface area contributed by atoms with Crippen molar-refractivity contribution in [3.8, 4) is 11.3 Å². The van der Waals surface area contributed by atoms with Crippen LogP contribution in [0.5, 0.6) is 0 Å². The van der Waals surface area contributed by atoms with Gasteiger partial charge >= 0.3 is 0 Å². The van der Waals surface area contributed by atoms with Crippen LogP contribution in [0.15, 0.2) is 102 Å². The summed E-state index contributed by atoms with van der Waals surface area (Å²) in [4.78, 5) is 24.7. The van der Waals surface area contributed by atoms with Gasteiger partial charge in [0.15, 0.2) is 0 Å². The van der Waals surface area contributed by atoms with E-state index < -0.39 is 0 Å². The Morgan fingerprint density at radius 3 is 1.81 bits per heavy atom. The number of rotatable bonds is 5. The number of anilines is 1. The Hall–Kier alpha value is -3.70. The first-order valence-electron chi connectivity index (χ1n) is 11.0. The zero-order valence-corrected chi connectivity index (χ0v) is 17.9. The number of piperazine rings is 1. The fourth-order valence-corrected chi connectivity index (χ4v) is 4.43. The minimum Gasteiger partial charge on any atom is -0.340 e. The van der Waals surface area contributed by atoms with Crippen molar-refractivity contribution >= 4 is 5.95 Å². The molecule has 2 heterocycles. The van der Waals surface area contributed by atoms with E-state index in [1.165, 1.54) is 11.1 Å². The summed E-state index contributed by atoms with van der Waals surface area (Å²) in [6.45, 7) is 3.37. The molecule has 160 valence electrons. The highest BCUT2D eigenvalue weighted by Gasteiger charge is 2.27. The highest BCUT2D eigenvalue weighted by molar-refractivity contribution is 5.59. The minimum absolute atomic E-state index is 0.122. The molecule has 5 heteroatoms. The molecule has 0 aliphatic carbocycles. The monoisotopic (exact) mass is 422 g/mol. The van der Waals surface area contributed by atoms with Gasteiger partial charge in [0.1, 0.15) is 0 Å². The number of benzene rings is 3. The van der Waals surface area contributed by atoms with Crippen LogP contribution < -0.4 is 10.5 Å². The smallest absolute Gasteiger partial charge is 0.252 e. The SMILES string of the molecule is O=c1cc(-c2ccccc2)nc(N2CCN(C(c3ccccc3)c3ccccc3)CC2)[nH]1. The average molecular weight is 423 g/mol. The molecule has 4 aromatic rings. The van der Waals surface area contributed by atoms with E-state index in [0.717, 1.165) is 31.7 Å². The zero-order chi connectivity index (χ0) is 21.8. The number of aromatic amines is 1. The van der Waals surface area contributed by atoms with Crippen LogP contribution in [-0.2, 0) is 0 Å². The Kier molecular flexibility index (Phi) is 5.81. The fourth-order valence-electron chi connectivity index (χ4n) is 4.43. The molecule has 0 radical (unpaired) electrons. The molecule has 0 saturated carbocycles. The van der Waals surface area contributed by atoms with Crippen molar-refractivity contribution in [2.24, 2.45) is 0 Å². The first-order valence-corrected chi connectivity index (χ1v) is 11.0. The van der Waals surface area contributed by atoms with Gasteiger partial charge in [-0.2, -0.15) is 0 Å². The van der Waals surface area contributed by atoms with E-state index in [4.69, 9.17) is 4.98 Å². The van der Waals surface area contributed by atoms with Crippen LogP contribution >= 0.6 is 0 Å². The predicted molar refractivity (Wildman–Crippen MR) is 129 cm³/mol. The molecule has 1 aliphatic heterocycles. The van der Waals surface area contributed by atoms with Crippen LogP contribution in [0.25, 0.3) is 11.3 Å². The van der Waals surface area contributed by atoms with E-state index in [9.17, 15) is 4.79 Å². The Morgan fingerprint density at radius 2 is 1.25 bits per heavy atom. The summed E-state index contributed by atoms with van der Waals surface area (Å²) < 4.78 is 0. The summed E-state index contributed by atoms with van der Waals surface area (Å²) in [7, 11) is 0. The molecule has 1 fully saturated rings. The molecule has 5 rings (SSSR count). The molecule has 0 bridgehead atoms. The molecular weight excluding hydrogens is 396 g/mol.